The number of aromatic amines is 2. The molecule has 0 radical (unpaired) electrons. The van der Waals surface area contributed by atoms with E-state index in [2.05, 4.69) is 113 Å². The summed E-state index contributed by atoms with van der Waals surface area (Å²) in [6.45, 7) is 24.7. The van der Waals surface area contributed by atoms with Crippen molar-refractivity contribution in [1.82, 2.24) is 14.5 Å². The van der Waals surface area contributed by atoms with Crippen molar-refractivity contribution in [3.05, 3.63) is 69.7 Å². The quantitative estimate of drug-likeness (QED) is 0.253. The number of carbonyl (C=O) groups excluding carboxylic acids is 1. The molecule has 6 nitrogen and oxygen atoms in total. The van der Waals surface area contributed by atoms with Crippen LogP contribution < -0.4 is 25.2 Å². The Morgan fingerprint density at radius 1 is 0.891 bits per heavy atom. The Hall–Kier alpha value is -3.80. The van der Waals surface area contributed by atoms with Gasteiger partial charge in [0.25, 0.3) is 0 Å². The molecule has 0 spiro atoms. The molecule has 0 bridgehead atoms. The summed E-state index contributed by atoms with van der Waals surface area (Å²) in [7, 11) is 0. The molecule has 0 fully saturated rings. The predicted octanol–water partition coefficient (Wildman–Crippen LogP) is 5.90. The van der Waals surface area contributed by atoms with Crippen molar-refractivity contribution < 1.29 is 9.90 Å². The third kappa shape index (κ3) is 3.88. The van der Waals surface area contributed by atoms with Crippen LogP contribution >= 0.6 is 0 Å². The van der Waals surface area contributed by atoms with E-state index in [1.165, 1.54) is 22.2 Å². The zero-order chi connectivity index (χ0) is 33.0. The van der Waals surface area contributed by atoms with Crippen molar-refractivity contribution in [2.75, 3.05) is 18.0 Å². The van der Waals surface area contributed by atoms with E-state index in [1.54, 1.807) is 0 Å². The van der Waals surface area contributed by atoms with Crippen LogP contribution in [0.15, 0.2) is 42.4 Å². The highest BCUT2D eigenvalue weighted by Gasteiger charge is 2.49. The largest absolute Gasteiger partial charge is 0.871 e. The first-order valence-electron chi connectivity index (χ1n) is 17.5. The molecule has 242 valence electrons. The van der Waals surface area contributed by atoms with Gasteiger partial charge in [0.2, 0.25) is 5.36 Å². The molecule has 3 aliphatic rings. The van der Waals surface area contributed by atoms with Crippen LogP contribution in [-0.2, 0) is 15.6 Å². The lowest BCUT2D eigenvalue weighted by Crippen LogP contribution is -2.41. The van der Waals surface area contributed by atoms with E-state index in [0.717, 1.165) is 58.5 Å². The summed E-state index contributed by atoms with van der Waals surface area (Å²) in [5.41, 5.74) is 6.69. The van der Waals surface area contributed by atoms with Gasteiger partial charge in [-0.2, -0.15) is 0 Å². The number of rotatable bonds is 7. The van der Waals surface area contributed by atoms with Crippen LogP contribution in [0, 0.1) is 11.8 Å². The number of likely N-dealkylation sites (N-methyl/N-ethyl adjacent to an activating group) is 2. The molecule has 2 aliphatic heterocycles. The van der Waals surface area contributed by atoms with Crippen LogP contribution in [0.25, 0.3) is 33.0 Å². The predicted molar refractivity (Wildman–Crippen MR) is 189 cm³/mol. The number of anilines is 1. The fourth-order valence-electron chi connectivity index (χ4n) is 9.85. The van der Waals surface area contributed by atoms with Crippen molar-refractivity contribution in [3.63, 3.8) is 0 Å². The van der Waals surface area contributed by atoms with Crippen LogP contribution in [0.5, 0.6) is 0 Å². The molecule has 6 heteroatoms. The minimum atomic E-state index is -0.149. The molecule has 2 N–H and O–H groups in total. The Morgan fingerprint density at radius 2 is 1.52 bits per heavy atom. The monoisotopic (exact) mass is 618 g/mol. The summed E-state index contributed by atoms with van der Waals surface area (Å²) in [5.74, 6) is 0.727. The number of aromatic nitrogens is 2. The number of allylic oxidation sites excluding steroid dienone is 2. The number of Topliss-reactive ketones (excluding diaryl/α,β-unsaturated/α-hetero) is 1. The first-order chi connectivity index (χ1) is 21.8. The highest BCUT2D eigenvalue weighted by molar-refractivity contribution is 6.52. The Morgan fingerprint density at radius 3 is 2.13 bits per heavy atom. The van der Waals surface area contributed by atoms with E-state index >= 15 is 0 Å². The molecule has 4 atom stereocenters. The van der Waals surface area contributed by atoms with E-state index in [9.17, 15) is 9.90 Å². The van der Waals surface area contributed by atoms with Gasteiger partial charge in [0, 0.05) is 63.3 Å². The van der Waals surface area contributed by atoms with Gasteiger partial charge in [-0.15, -0.1) is 0 Å². The lowest BCUT2D eigenvalue weighted by Gasteiger charge is -2.35. The zero-order valence-corrected chi connectivity index (χ0v) is 29.3. The van der Waals surface area contributed by atoms with Crippen LogP contribution in [-0.4, -0.2) is 40.9 Å². The highest BCUT2D eigenvalue weighted by Crippen LogP contribution is 2.53. The van der Waals surface area contributed by atoms with Gasteiger partial charge < -0.3 is 20.0 Å². The molecule has 2 aromatic carbocycles. The number of carbonyl (C=O) groups is 1. The van der Waals surface area contributed by atoms with E-state index in [1.807, 2.05) is 12.4 Å². The maximum atomic E-state index is 14.4. The minimum absolute atomic E-state index is 0.0955. The third-order valence-corrected chi connectivity index (χ3v) is 12.0. The summed E-state index contributed by atoms with van der Waals surface area (Å²) in [4.78, 5) is 23.8. The van der Waals surface area contributed by atoms with Crippen molar-refractivity contribution in [3.8, 4) is 0 Å². The Bertz CT molecular complexity index is 2090. The fourth-order valence-corrected chi connectivity index (χ4v) is 9.85. The second-order valence-corrected chi connectivity index (χ2v) is 15.5. The van der Waals surface area contributed by atoms with Gasteiger partial charge in [-0.25, -0.2) is 4.58 Å². The lowest BCUT2D eigenvalue weighted by atomic mass is 9.71. The molecule has 0 amide bonds. The van der Waals surface area contributed by atoms with Gasteiger partial charge in [0.1, 0.15) is 6.54 Å². The molecule has 4 unspecified atom stereocenters. The molecule has 0 saturated carbocycles. The summed E-state index contributed by atoms with van der Waals surface area (Å²) in [5, 5.41) is 18.6. The maximum absolute atomic E-state index is 14.4. The fraction of sp³-hybridized carbons (Fsp3) is 0.500. The van der Waals surface area contributed by atoms with Gasteiger partial charge >= 0.3 is 0 Å². The molecule has 1 aliphatic carbocycles. The Balaban J connectivity index is 1.50. The van der Waals surface area contributed by atoms with Crippen LogP contribution in [0.4, 0.5) is 5.69 Å². The normalized spacial score (nSPS) is 27.2. The van der Waals surface area contributed by atoms with E-state index < -0.39 is 0 Å². The molecule has 2 aromatic heterocycles. The van der Waals surface area contributed by atoms with Gasteiger partial charge in [0.15, 0.2) is 11.8 Å². The average Bonchev–Trinajstić information content (AvgIpc) is 3.75. The number of H-pyrrole nitrogens is 2. The lowest BCUT2D eigenvalue weighted by molar-refractivity contribution is -0.292. The number of benzene rings is 2. The molecule has 0 saturated heterocycles. The minimum Gasteiger partial charge on any atom is -0.871 e. The second-order valence-electron chi connectivity index (χ2n) is 15.5. The first kappa shape index (κ1) is 30.8. The van der Waals surface area contributed by atoms with Crippen molar-refractivity contribution in [2.45, 2.75) is 105 Å². The second kappa shape index (κ2) is 10.4. The smallest absolute Gasteiger partial charge is 0.213 e. The van der Waals surface area contributed by atoms with Gasteiger partial charge in [0.05, 0.1) is 27.5 Å². The van der Waals surface area contributed by atoms with Gasteiger partial charge in [-0.1, -0.05) is 40.4 Å². The molecule has 4 aromatic rings. The van der Waals surface area contributed by atoms with E-state index in [-0.39, 0.29) is 22.4 Å². The summed E-state index contributed by atoms with van der Waals surface area (Å²) in [6, 6.07) is 9.20. The zero-order valence-electron chi connectivity index (χ0n) is 29.3. The van der Waals surface area contributed by atoms with Crippen molar-refractivity contribution >= 4 is 44.4 Å². The van der Waals surface area contributed by atoms with E-state index in [4.69, 9.17) is 0 Å². The first-order valence-corrected chi connectivity index (χ1v) is 17.5. The molecular formula is C40H50N4O2. The number of fused-ring (bicyclic) bond motifs is 6. The summed E-state index contributed by atoms with van der Waals surface area (Å²) in [6.07, 6.45) is 5.96. The maximum Gasteiger partial charge on any atom is 0.213 e. The topological polar surface area (TPSA) is 78.0 Å². The molecule has 7 rings (SSSR count). The number of nitrogens with one attached hydrogen (secondary N) is 2. The van der Waals surface area contributed by atoms with Crippen LogP contribution in [0.2, 0.25) is 0 Å². The van der Waals surface area contributed by atoms with Gasteiger partial charge in [-0.05, 0) is 89.1 Å². The van der Waals surface area contributed by atoms with Gasteiger partial charge in [-0.3, -0.25) is 4.79 Å². The van der Waals surface area contributed by atoms with E-state index in [0.29, 0.717) is 35.1 Å². The summed E-state index contributed by atoms with van der Waals surface area (Å²) < 4.78 is 2.51. The number of ketones is 1. The van der Waals surface area contributed by atoms with Crippen LogP contribution in [0.1, 0.15) is 98.8 Å². The molecule has 46 heavy (non-hydrogen) atoms. The molecular weight excluding hydrogens is 568 g/mol. The highest BCUT2D eigenvalue weighted by atomic mass is 16.3. The van der Waals surface area contributed by atoms with Crippen molar-refractivity contribution in [2.24, 2.45) is 11.8 Å². The Labute approximate surface area is 272 Å². The van der Waals surface area contributed by atoms with Crippen molar-refractivity contribution in [1.29, 1.82) is 0 Å². The number of hydrogen-bond donors (Lipinski definition) is 2. The third-order valence-electron chi connectivity index (χ3n) is 12.0. The number of nitrogens with zero attached hydrogens (tertiary/aromatic N) is 2. The average molecular weight is 619 g/mol. The SMILES string of the molecule is CCN1c2c(cc(C3=C([O-])/C(=c4\cc5c(c6cc[nH]c46)=[N+](CC)C(C)C5(C)CC(C)C)C3=O)c3[nH]ccc23)C(C)(CC(C)C)C1C. The summed E-state index contributed by atoms with van der Waals surface area (Å²) >= 11 is 0. The molecule has 4 heterocycles. The standard InChI is InChI=1S/C40H50N4O2/c1-11-43-23(7)39(9,19-21(3)4)29-17-27(33-25(35(29)43)13-15-41-33)31-37(45)32(38(31)46)28-18-30-36(26-14-16-42-34(26)28)44(12-2)24(8)40(30,10)20-22(5)6/h13-18,21-24H,11-12,19-20H2,1-10H3,(H2,41,42,45,46). The van der Waals surface area contributed by atoms with Crippen LogP contribution in [0.3, 0.4) is 0 Å². The number of hydrogen-bond acceptors (Lipinski definition) is 3. The Kier molecular flexibility index (Phi) is 6.94.